The molecule has 63 heavy (non-hydrogen) atoms. The van der Waals surface area contributed by atoms with Gasteiger partial charge in [0.15, 0.2) is 0 Å². The van der Waals surface area contributed by atoms with E-state index in [1.54, 1.807) is 39.8 Å². The molecule has 348 valence electrons. The highest BCUT2D eigenvalue weighted by molar-refractivity contribution is 7.84. The van der Waals surface area contributed by atoms with Crippen LogP contribution in [0.5, 0.6) is 5.75 Å². The molecule has 1 fully saturated rings. The predicted molar refractivity (Wildman–Crippen MR) is 240 cm³/mol. The van der Waals surface area contributed by atoms with Gasteiger partial charge in [-0.2, -0.15) is 0 Å². The van der Waals surface area contributed by atoms with Crippen LogP contribution in [0.15, 0.2) is 54.6 Å². The number of aliphatic carboxylic acids is 1. The molecule has 0 saturated carbocycles. The van der Waals surface area contributed by atoms with Crippen molar-refractivity contribution in [1.29, 1.82) is 0 Å². The van der Waals surface area contributed by atoms with Crippen LogP contribution in [-0.4, -0.2) is 135 Å². The van der Waals surface area contributed by atoms with E-state index in [4.69, 9.17) is 0 Å². The number of hydrogen-bond donors (Lipinski definition) is 7. The highest BCUT2D eigenvalue weighted by atomic mass is 32.2. The van der Waals surface area contributed by atoms with Crippen molar-refractivity contribution in [3.05, 3.63) is 65.7 Å². The van der Waals surface area contributed by atoms with E-state index in [1.165, 1.54) is 42.3 Å². The van der Waals surface area contributed by atoms with Crippen LogP contribution in [0.1, 0.15) is 83.8 Å². The number of phenols is 1. The maximum Gasteiger partial charge on any atom is 0.326 e. The van der Waals surface area contributed by atoms with Gasteiger partial charge in [0.2, 0.25) is 29.5 Å². The fourth-order valence-electron chi connectivity index (χ4n) is 7.37. The number of urea groups is 1. The van der Waals surface area contributed by atoms with E-state index >= 15 is 0 Å². The van der Waals surface area contributed by atoms with E-state index < -0.39 is 100 Å². The average Bonchev–Trinajstić information content (AvgIpc) is 3.25. The van der Waals surface area contributed by atoms with Crippen molar-refractivity contribution in [1.82, 2.24) is 36.4 Å². The fourth-order valence-corrected chi connectivity index (χ4v) is 7.93. The number of likely N-dealkylation sites (N-methyl/N-ethyl adjacent to an activating group) is 2. The molecule has 0 radical (unpaired) electrons. The Morgan fingerprint density at radius 3 is 2.03 bits per heavy atom. The molecular weight excluding hydrogens is 831 g/mol. The van der Waals surface area contributed by atoms with Gasteiger partial charge in [0, 0.05) is 43.4 Å². The van der Waals surface area contributed by atoms with Crippen LogP contribution in [0.2, 0.25) is 0 Å². The second kappa shape index (κ2) is 25.6. The minimum atomic E-state index is -1.31. The monoisotopic (exact) mass is 897 g/mol. The summed E-state index contributed by atoms with van der Waals surface area (Å²) in [5.41, 5.74) is 1.67. The quantitative estimate of drug-likeness (QED) is 0.138. The number of aromatic hydroxyl groups is 1. The summed E-state index contributed by atoms with van der Waals surface area (Å²) in [5, 5.41) is 33.2. The molecule has 0 aromatic heterocycles. The van der Waals surface area contributed by atoms with E-state index in [0.29, 0.717) is 32.1 Å². The number of nitrogens with one attached hydrogen (secondary N) is 5. The Morgan fingerprint density at radius 2 is 1.43 bits per heavy atom. The standard InChI is InChI=1S/C45H67N7O10S/c1-8-29(4)38(44(59)60)50-45(61)48-33-16-12-13-26-46-40(55)35(25-27-63(7)62)51(5)43(58)36(24-20-31-17-21-32(53)22-18-31)52(6)42(57)34(23-19-30-14-10-9-11-15-30)47-41(56)37(28(2)3)49-39(33)54/h9-11,14-15,17-18,21-22,28-29,33-38,53H,8,12-13,16,19-20,23-27H2,1-7H3,(H,46,55)(H,47,56)(H,49,54)(H,59,60)(H2,48,50,61)/t29-,33-,34-,35-,36-,37-,38-,63-/m0/s1. The van der Waals surface area contributed by atoms with Crippen molar-refractivity contribution in [2.45, 2.75) is 122 Å². The van der Waals surface area contributed by atoms with Gasteiger partial charge < -0.3 is 46.6 Å². The molecule has 0 bridgehead atoms. The number of amides is 7. The zero-order valence-electron chi connectivity index (χ0n) is 37.6. The summed E-state index contributed by atoms with van der Waals surface area (Å²) >= 11 is 0. The first kappa shape index (κ1) is 51.8. The summed E-state index contributed by atoms with van der Waals surface area (Å²) in [6.45, 7) is 7.01. The lowest BCUT2D eigenvalue weighted by atomic mass is 9.98. The SMILES string of the molecule is CC[C@H](C)[C@H](NC(=O)N[C@H]1CCCCNC(=O)[C@H](CC[S@](C)=O)N(C)C(=O)[C@H](CCc2ccc(O)cc2)N(C)C(=O)[C@H](CCc2ccccc2)NC(=O)[C@H](C(C)C)NC1=O)C(=O)O. The molecule has 0 aliphatic carbocycles. The van der Waals surface area contributed by atoms with Gasteiger partial charge in [-0.05, 0) is 86.5 Å². The molecule has 1 saturated heterocycles. The average molecular weight is 898 g/mol. The summed E-state index contributed by atoms with van der Waals surface area (Å²) in [5.74, 6) is -5.02. The summed E-state index contributed by atoms with van der Waals surface area (Å²) in [6, 6.07) is 7.86. The smallest absolute Gasteiger partial charge is 0.326 e. The van der Waals surface area contributed by atoms with Gasteiger partial charge in [-0.3, -0.25) is 28.2 Å². The number of rotatable bonds is 15. The number of aryl methyl sites for hydroxylation is 2. The lowest BCUT2D eigenvalue weighted by molar-refractivity contribution is -0.149. The van der Waals surface area contributed by atoms with E-state index in [1.807, 2.05) is 30.3 Å². The molecule has 7 amide bonds. The van der Waals surface area contributed by atoms with E-state index in [2.05, 4.69) is 26.6 Å². The van der Waals surface area contributed by atoms with Crippen LogP contribution >= 0.6 is 0 Å². The molecule has 3 rings (SSSR count). The molecule has 7 N–H and O–H groups in total. The molecule has 2 aromatic rings. The number of carboxylic acid groups (broad SMARTS) is 1. The molecule has 17 nitrogen and oxygen atoms in total. The maximum atomic E-state index is 14.8. The first-order valence-corrected chi connectivity index (χ1v) is 23.4. The second-order valence-electron chi connectivity index (χ2n) is 16.7. The number of carbonyl (C=O) groups excluding carboxylic acids is 6. The third-order valence-corrected chi connectivity index (χ3v) is 12.4. The molecule has 1 aliphatic heterocycles. The number of nitrogens with zero attached hydrogens (tertiary/aromatic N) is 2. The highest BCUT2D eigenvalue weighted by Gasteiger charge is 2.38. The van der Waals surface area contributed by atoms with E-state index in [9.17, 15) is 48.0 Å². The van der Waals surface area contributed by atoms with Crippen molar-refractivity contribution >= 4 is 52.3 Å². The molecule has 2 aromatic carbocycles. The molecule has 8 atom stereocenters. The third kappa shape index (κ3) is 16.3. The Balaban J connectivity index is 2.09. The molecule has 1 heterocycles. The molecule has 0 unspecified atom stereocenters. The maximum absolute atomic E-state index is 14.8. The van der Waals surface area contributed by atoms with Crippen LogP contribution < -0.4 is 26.6 Å². The van der Waals surface area contributed by atoms with E-state index in [0.717, 1.165) is 11.1 Å². The second-order valence-corrected chi connectivity index (χ2v) is 18.2. The van der Waals surface area contributed by atoms with Crippen molar-refractivity contribution in [3.8, 4) is 5.75 Å². The topological polar surface area (TPSA) is 244 Å². The zero-order chi connectivity index (χ0) is 46.8. The third-order valence-electron chi connectivity index (χ3n) is 11.6. The molecular formula is C45H67N7O10S. The van der Waals surface area contributed by atoms with Crippen molar-refractivity contribution in [2.75, 3.05) is 32.6 Å². The number of carboxylic acids is 1. The lowest BCUT2D eigenvalue weighted by Crippen LogP contribution is -2.61. The largest absolute Gasteiger partial charge is 0.508 e. The molecule has 0 spiro atoms. The van der Waals surface area contributed by atoms with Crippen LogP contribution in [0.3, 0.4) is 0 Å². The number of benzene rings is 2. The zero-order valence-corrected chi connectivity index (χ0v) is 38.4. The number of phenolic OH excluding ortho intramolecular Hbond substituents is 1. The first-order valence-electron chi connectivity index (χ1n) is 21.7. The van der Waals surface area contributed by atoms with Crippen LogP contribution in [0.25, 0.3) is 0 Å². The Labute approximate surface area is 373 Å². The lowest BCUT2D eigenvalue weighted by Gasteiger charge is -2.36. The van der Waals surface area contributed by atoms with Crippen molar-refractivity contribution in [2.24, 2.45) is 11.8 Å². The van der Waals surface area contributed by atoms with Crippen LogP contribution in [0.4, 0.5) is 4.79 Å². The Kier molecular flexibility index (Phi) is 21.0. The summed E-state index contributed by atoms with van der Waals surface area (Å²) in [4.78, 5) is 99.4. The van der Waals surface area contributed by atoms with Gasteiger partial charge in [-0.15, -0.1) is 0 Å². The van der Waals surface area contributed by atoms with Crippen molar-refractivity contribution < 1.29 is 48.0 Å². The summed E-state index contributed by atoms with van der Waals surface area (Å²) in [7, 11) is 1.63. The van der Waals surface area contributed by atoms with Gasteiger partial charge in [0.25, 0.3) is 0 Å². The number of hydrogen-bond acceptors (Lipinski definition) is 9. The number of carbonyl (C=O) groups is 7. The van der Waals surface area contributed by atoms with Gasteiger partial charge in [0.05, 0.1) is 0 Å². The van der Waals surface area contributed by atoms with Crippen LogP contribution in [-0.2, 0) is 52.4 Å². The first-order chi connectivity index (χ1) is 29.8. The Bertz CT molecular complexity index is 1880. The van der Waals surface area contributed by atoms with Crippen molar-refractivity contribution in [3.63, 3.8) is 0 Å². The fraction of sp³-hybridized carbons (Fsp3) is 0.578. The molecule has 18 heteroatoms. The van der Waals surface area contributed by atoms with Crippen LogP contribution in [0, 0.1) is 11.8 Å². The summed E-state index contributed by atoms with van der Waals surface area (Å²) < 4.78 is 12.3. The summed E-state index contributed by atoms with van der Waals surface area (Å²) in [6.07, 6.45) is 3.59. The predicted octanol–water partition coefficient (Wildman–Crippen LogP) is 2.47. The van der Waals surface area contributed by atoms with Gasteiger partial charge in [0.1, 0.15) is 42.0 Å². The van der Waals surface area contributed by atoms with Gasteiger partial charge >= 0.3 is 12.0 Å². The minimum absolute atomic E-state index is 0.0466. The highest BCUT2D eigenvalue weighted by Crippen LogP contribution is 2.20. The minimum Gasteiger partial charge on any atom is -0.508 e. The Morgan fingerprint density at radius 1 is 0.810 bits per heavy atom. The normalized spacial score (nSPS) is 22.7. The van der Waals surface area contributed by atoms with E-state index in [-0.39, 0.29) is 43.7 Å². The van der Waals surface area contributed by atoms with Gasteiger partial charge in [-0.25, -0.2) is 9.59 Å². The molecule has 1 aliphatic rings. The van der Waals surface area contributed by atoms with Gasteiger partial charge in [-0.1, -0.05) is 76.6 Å². The Hall–Kier alpha value is -5.52.